The van der Waals surface area contributed by atoms with E-state index in [2.05, 4.69) is 10.3 Å². The van der Waals surface area contributed by atoms with Gasteiger partial charge in [0, 0.05) is 17.8 Å². The van der Waals surface area contributed by atoms with Gasteiger partial charge in [-0.1, -0.05) is 30.0 Å². The van der Waals surface area contributed by atoms with Gasteiger partial charge < -0.3 is 14.8 Å². The Balaban J connectivity index is 1.70. The van der Waals surface area contributed by atoms with Crippen LogP contribution in [0.3, 0.4) is 0 Å². The molecule has 3 aromatic rings. The van der Waals surface area contributed by atoms with Gasteiger partial charge in [0.15, 0.2) is 17.0 Å². The molecule has 1 amide bonds. The van der Waals surface area contributed by atoms with Gasteiger partial charge in [0.25, 0.3) is 5.91 Å². The fraction of sp³-hybridized carbons (Fsp3) is 0.227. The van der Waals surface area contributed by atoms with Crippen molar-refractivity contribution in [2.45, 2.75) is 24.7 Å². The molecule has 2 aromatic carbocycles. The number of esters is 1. The van der Waals surface area contributed by atoms with Gasteiger partial charge in [-0.05, 0) is 43.5 Å². The summed E-state index contributed by atoms with van der Waals surface area (Å²) in [7, 11) is 1.55. The molecule has 1 N–H and O–H groups in total. The predicted molar refractivity (Wildman–Crippen MR) is 115 cm³/mol. The Morgan fingerprint density at radius 2 is 1.90 bits per heavy atom. The van der Waals surface area contributed by atoms with Gasteiger partial charge in [0.1, 0.15) is 11.6 Å². The molecule has 0 saturated heterocycles. The standard InChI is InChI=1S/C22H22FN3O4S/c1-14(20(27)24-12-15-6-4-5-7-19(15)29-2)30-21(28)18-13-25-22(31-3)26(18)17-10-8-16(23)9-11-17/h4-11,13-14H,12H2,1-3H3,(H,24,27). The third-order valence-electron chi connectivity index (χ3n) is 4.50. The van der Waals surface area contributed by atoms with Gasteiger partial charge in [-0.15, -0.1) is 0 Å². The lowest BCUT2D eigenvalue weighted by atomic mass is 10.2. The van der Waals surface area contributed by atoms with E-state index in [0.29, 0.717) is 16.6 Å². The third kappa shape index (κ3) is 5.24. The molecule has 31 heavy (non-hydrogen) atoms. The third-order valence-corrected chi connectivity index (χ3v) is 5.16. The van der Waals surface area contributed by atoms with Gasteiger partial charge in [0.2, 0.25) is 0 Å². The van der Waals surface area contributed by atoms with Crippen molar-refractivity contribution in [1.29, 1.82) is 0 Å². The van der Waals surface area contributed by atoms with Crippen LogP contribution in [0.1, 0.15) is 23.0 Å². The zero-order chi connectivity index (χ0) is 22.4. The first-order valence-corrected chi connectivity index (χ1v) is 10.6. The fourth-order valence-electron chi connectivity index (χ4n) is 2.91. The average molecular weight is 444 g/mol. The minimum atomic E-state index is -1.03. The number of amides is 1. The van der Waals surface area contributed by atoms with Crippen molar-refractivity contribution in [3.63, 3.8) is 0 Å². The first-order valence-electron chi connectivity index (χ1n) is 9.42. The van der Waals surface area contributed by atoms with E-state index in [-0.39, 0.29) is 18.1 Å². The van der Waals surface area contributed by atoms with Gasteiger partial charge in [0.05, 0.1) is 13.3 Å². The number of imidazole rings is 1. The first kappa shape index (κ1) is 22.4. The monoisotopic (exact) mass is 443 g/mol. The number of thioether (sulfide) groups is 1. The summed E-state index contributed by atoms with van der Waals surface area (Å²) in [6, 6.07) is 13.0. The summed E-state index contributed by atoms with van der Waals surface area (Å²) in [6.45, 7) is 1.72. The van der Waals surface area contributed by atoms with Crippen molar-refractivity contribution in [3.05, 3.63) is 71.8 Å². The highest BCUT2D eigenvalue weighted by atomic mass is 32.2. The number of nitrogens with one attached hydrogen (secondary N) is 1. The molecule has 7 nitrogen and oxygen atoms in total. The Labute approximate surface area is 183 Å². The van der Waals surface area contributed by atoms with E-state index in [9.17, 15) is 14.0 Å². The molecule has 1 unspecified atom stereocenters. The highest BCUT2D eigenvalue weighted by Crippen LogP contribution is 2.23. The molecule has 0 aliphatic heterocycles. The molecule has 3 rings (SSSR count). The molecular formula is C22H22FN3O4S. The van der Waals surface area contributed by atoms with Crippen molar-refractivity contribution in [3.8, 4) is 11.4 Å². The molecule has 0 radical (unpaired) electrons. The number of nitrogens with zero attached hydrogens (tertiary/aromatic N) is 2. The summed E-state index contributed by atoms with van der Waals surface area (Å²) >= 11 is 1.33. The molecule has 0 aliphatic carbocycles. The lowest BCUT2D eigenvalue weighted by Crippen LogP contribution is -2.35. The summed E-state index contributed by atoms with van der Waals surface area (Å²) in [6.07, 6.45) is 2.15. The maximum atomic E-state index is 13.3. The number of carbonyl (C=O) groups is 2. The highest BCUT2D eigenvalue weighted by molar-refractivity contribution is 7.98. The van der Waals surface area contributed by atoms with E-state index in [1.807, 2.05) is 24.5 Å². The molecule has 9 heteroatoms. The lowest BCUT2D eigenvalue weighted by molar-refractivity contribution is -0.129. The summed E-state index contributed by atoms with van der Waals surface area (Å²) in [5.41, 5.74) is 1.50. The second kappa shape index (κ2) is 10.1. The summed E-state index contributed by atoms with van der Waals surface area (Å²) in [5, 5.41) is 3.27. The number of rotatable bonds is 8. The maximum Gasteiger partial charge on any atom is 0.357 e. The van der Waals surface area contributed by atoms with Crippen LogP contribution in [0.5, 0.6) is 5.75 Å². The molecular weight excluding hydrogens is 421 g/mol. The van der Waals surface area contributed by atoms with Crippen molar-refractivity contribution in [2.24, 2.45) is 0 Å². The van der Waals surface area contributed by atoms with Crippen LogP contribution in [0.25, 0.3) is 5.69 Å². The zero-order valence-corrected chi connectivity index (χ0v) is 18.1. The summed E-state index contributed by atoms with van der Waals surface area (Å²) in [4.78, 5) is 29.4. The van der Waals surface area contributed by atoms with E-state index < -0.39 is 18.0 Å². The molecule has 0 saturated carbocycles. The minimum absolute atomic E-state index is 0.139. The van der Waals surface area contributed by atoms with Gasteiger partial charge in [-0.3, -0.25) is 9.36 Å². The Morgan fingerprint density at radius 3 is 2.58 bits per heavy atom. The van der Waals surface area contributed by atoms with Crippen LogP contribution in [-0.4, -0.2) is 40.9 Å². The van der Waals surface area contributed by atoms with Crippen LogP contribution in [0.2, 0.25) is 0 Å². The number of hydrogen-bond donors (Lipinski definition) is 1. The largest absolute Gasteiger partial charge is 0.496 e. The minimum Gasteiger partial charge on any atom is -0.496 e. The Hall–Kier alpha value is -3.33. The molecule has 1 atom stereocenters. The number of hydrogen-bond acceptors (Lipinski definition) is 6. The zero-order valence-electron chi connectivity index (χ0n) is 17.3. The smallest absolute Gasteiger partial charge is 0.357 e. The van der Waals surface area contributed by atoms with Gasteiger partial charge in [-0.25, -0.2) is 14.2 Å². The number of carbonyl (C=O) groups excluding carboxylic acids is 2. The molecule has 162 valence electrons. The van der Waals surface area contributed by atoms with Gasteiger partial charge >= 0.3 is 5.97 Å². The quantitative estimate of drug-likeness (QED) is 0.423. The SMILES string of the molecule is COc1ccccc1CNC(=O)C(C)OC(=O)c1cnc(SC)n1-c1ccc(F)cc1. The summed E-state index contributed by atoms with van der Waals surface area (Å²) in [5.74, 6) is -0.895. The molecule has 1 heterocycles. The topological polar surface area (TPSA) is 82.4 Å². The van der Waals surface area contributed by atoms with Crippen molar-refractivity contribution < 1.29 is 23.5 Å². The number of aromatic nitrogens is 2. The highest BCUT2D eigenvalue weighted by Gasteiger charge is 2.24. The number of halogens is 1. The van der Waals surface area contributed by atoms with E-state index in [1.165, 1.54) is 49.1 Å². The maximum absolute atomic E-state index is 13.3. The molecule has 0 bridgehead atoms. The van der Waals surface area contributed by atoms with Crippen LogP contribution in [0.4, 0.5) is 4.39 Å². The fourth-order valence-corrected chi connectivity index (χ4v) is 3.46. The van der Waals surface area contributed by atoms with Crippen molar-refractivity contribution in [2.75, 3.05) is 13.4 Å². The lowest BCUT2D eigenvalue weighted by Gasteiger charge is -2.16. The Morgan fingerprint density at radius 1 is 1.19 bits per heavy atom. The second-order valence-electron chi connectivity index (χ2n) is 6.52. The molecule has 0 aliphatic rings. The molecule has 1 aromatic heterocycles. The number of methoxy groups -OCH3 is 1. The first-order chi connectivity index (χ1) is 14.9. The Bertz CT molecular complexity index is 1070. The van der Waals surface area contributed by atoms with Crippen LogP contribution < -0.4 is 10.1 Å². The molecule has 0 fully saturated rings. The number of ether oxygens (including phenoxy) is 2. The van der Waals surface area contributed by atoms with Crippen molar-refractivity contribution in [1.82, 2.24) is 14.9 Å². The van der Waals surface area contributed by atoms with Crippen LogP contribution in [0, 0.1) is 5.82 Å². The van der Waals surface area contributed by atoms with Crippen LogP contribution in [-0.2, 0) is 16.1 Å². The van der Waals surface area contributed by atoms with Gasteiger partial charge in [-0.2, -0.15) is 0 Å². The van der Waals surface area contributed by atoms with E-state index >= 15 is 0 Å². The van der Waals surface area contributed by atoms with Crippen LogP contribution >= 0.6 is 11.8 Å². The van der Waals surface area contributed by atoms with E-state index in [4.69, 9.17) is 9.47 Å². The average Bonchev–Trinajstić information content (AvgIpc) is 3.22. The summed E-state index contributed by atoms with van der Waals surface area (Å²) < 4.78 is 25.5. The normalized spacial score (nSPS) is 11.6. The second-order valence-corrected chi connectivity index (χ2v) is 7.29. The number of benzene rings is 2. The number of para-hydroxylation sites is 1. The van der Waals surface area contributed by atoms with E-state index in [0.717, 1.165) is 5.56 Å². The Kier molecular flexibility index (Phi) is 7.30. The van der Waals surface area contributed by atoms with Crippen molar-refractivity contribution >= 4 is 23.6 Å². The van der Waals surface area contributed by atoms with Crippen LogP contribution in [0.15, 0.2) is 59.9 Å². The predicted octanol–water partition coefficient (Wildman–Crippen LogP) is 3.60. The van der Waals surface area contributed by atoms with E-state index in [1.54, 1.807) is 17.7 Å². The molecule has 0 spiro atoms.